The van der Waals surface area contributed by atoms with Crippen LogP contribution in [0.5, 0.6) is 0 Å². The molecule has 1 rings (SSSR count). The van der Waals surface area contributed by atoms with Gasteiger partial charge in [0.15, 0.2) is 0 Å². The van der Waals surface area contributed by atoms with Gasteiger partial charge in [0.05, 0.1) is 12.2 Å². The van der Waals surface area contributed by atoms with E-state index in [0.717, 1.165) is 0 Å². The lowest BCUT2D eigenvalue weighted by molar-refractivity contribution is -0.216. The fourth-order valence-corrected chi connectivity index (χ4v) is 2.77. The van der Waals surface area contributed by atoms with Gasteiger partial charge in [-0.05, 0) is 13.8 Å². The third kappa shape index (κ3) is 1.50. The molecule has 13 heavy (non-hydrogen) atoms. The summed E-state index contributed by atoms with van der Waals surface area (Å²) < 4.78 is 5.91. The molecule has 1 fully saturated rings. The molecule has 1 aliphatic carbocycles. The summed E-state index contributed by atoms with van der Waals surface area (Å²) in [5, 5.41) is 0. The van der Waals surface area contributed by atoms with Crippen molar-refractivity contribution in [2.75, 3.05) is 0 Å². The Labute approximate surface area is 81.8 Å². The fraction of sp³-hybridized carbons (Fsp3) is 1.00. The summed E-state index contributed by atoms with van der Waals surface area (Å²) in [6.45, 7) is 12.9. The molecule has 0 atom stereocenters. The quantitative estimate of drug-likeness (QED) is 0.715. The molecule has 0 aliphatic heterocycles. The first kappa shape index (κ1) is 11.0. The largest absolute Gasteiger partial charge is 0.374 e. The van der Waals surface area contributed by atoms with Crippen molar-refractivity contribution < 1.29 is 4.74 Å². The van der Waals surface area contributed by atoms with E-state index in [-0.39, 0.29) is 29.1 Å². The zero-order valence-electron chi connectivity index (χ0n) is 9.72. The van der Waals surface area contributed by atoms with Crippen molar-refractivity contribution in [3.05, 3.63) is 0 Å². The Kier molecular flexibility index (Phi) is 2.50. The van der Waals surface area contributed by atoms with Gasteiger partial charge < -0.3 is 10.5 Å². The van der Waals surface area contributed by atoms with Gasteiger partial charge in [-0.2, -0.15) is 0 Å². The maximum absolute atomic E-state index is 6.12. The smallest absolute Gasteiger partial charge is 0.0710 e. The zero-order chi connectivity index (χ0) is 10.4. The average Bonchev–Trinajstić information content (AvgIpc) is 1.98. The van der Waals surface area contributed by atoms with Crippen LogP contribution in [0.1, 0.15) is 41.5 Å². The van der Waals surface area contributed by atoms with E-state index < -0.39 is 0 Å². The number of rotatable bonds is 2. The molecule has 1 aliphatic rings. The van der Waals surface area contributed by atoms with E-state index in [9.17, 15) is 0 Å². The van der Waals surface area contributed by atoms with E-state index in [1.54, 1.807) is 0 Å². The first-order chi connectivity index (χ1) is 5.70. The highest BCUT2D eigenvalue weighted by atomic mass is 16.5. The molecular weight excluding hydrogens is 162 g/mol. The molecule has 0 spiro atoms. The van der Waals surface area contributed by atoms with E-state index >= 15 is 0 Å². The third-order valence-electron chi connectivity index (χ3n) is 3.36. The number of nitrogens with two attached hydrogens (primary N) is 1. The standard InChI is InChI=1S/C11H23NO/c1-7(2)13-9-10(3,4)8(12)11(9,5)6/h7-9H,12H2,1-6H3. The molecular formula is C11H23NO. The van der Waals surface area contributed by atoms with Crippen molar-refractivity contribution in [3.8, 4) is 0 Å². The van der Waals surface area contributed by atoms with Crippen LogP contribution in [0.3, 0.4) is 0 Å². The summed E-state index contributed by atoms with van der Waals surface area (Å²) in [6, 6.07) is 0.240. The number of hydrogen-bond donors (Lipinski definition) is 1. The highest BCUT2D eigenvalue weighted by Crippen LogP contribution is 2.54. The van der Waals surface area contributed by atoms with Crippen molar-refractivity contribution in [2.24, 2.45) is 16.6 Å². The Morgan fingerprint density at radius 1 is 1.08 bits per heavy atom. The highest BCUT2D eigenvalue weighted by molar-refractivity contribution is 5.13. The van der Waals surface area contributed by atoms with Gasteiger partial charge in [-0.25, -0.2) is 0 Å². The highest BCUT2D eigenvalue weighted by Gasteiger charge is 2.61. The predicted octanol–water partition coefficient (Wildman–Crippen LogP) is 2.17. The number of ether oxygens (including phenoxy) is 1. The molecule has 0 saturated heterocycles. The van der Waals surface area contributed by atoms with Crippen LogP contribution in [-0.2, 0) is 4.74 Å². The summed E-state index contributed by atoms with van der Waals surface area (Å²) >= 11 is 0. The van der Waals surface area contributed by atoms with E-state index in [0.29, 0.717) is 0 Å². The van der Waals surface area contributed by atoms with Gasteiger partial charge in [0, 0.05) is 16.9 Å². The fourth-order valence-electron chi connectivity index (χ4n) is 2.77. The van der Waals surface area contributed by atoms with Crippen molar-refractivity contribution in [1.29, 1.82) is 0 Å². The Hall–Kier alpha value is -0.0800. The van der Waals surface area contributed by atoms with E-state index in [4.69, 9.17) is 10.5 Å². The summed E-state index contributed by atoms with van der Waals surface area (Å²) in [6.07, 6.45) is 0.575. The normalized spacial score (nSPS) is 36.0. The molecule has 0 aromatic carbocycles. The Bertz CT molecular complexity index is 180. The van der Waals surface area contributed by atoms with Crippen LogP contribution < -0.4 is 5.73 Å². The minimum absolute atomic E-state index is 0.119. The van der Waals surface area contributed by atoms with Gasteiger partial charge in [-0.1, -0.05) is 27.7 Å². The lowest BCUT2D eigenvalue weighted by Crippen LogP contribution is -2.72. The summed E-state index contributed by atoms with van der Waals surface area (Å²) in [5.41, 5.74) is 6.36. The summed E-state index contributed by atoms with van der Waals surface area (Å²) in [5.74, 6) is 0. The van der Waals surface area contributed by atoms with Gasteiger partial charge in [-0.15, -0.1) is 0 Å². The van der Waals surface area contributed by atoms with Gasteiger partial charge >= 0.3 is 0 Å². The topological polar surface area (TPSA) is 35.2 Å². The van der Waals surface area contributed by atoms with Gasteiger partial charge in [0.25, 0.3) is 0 Å². The summed E-state index contributed by atoms with van der Waals surface area (Å²) in [4.78, 5) is 0. The van der Waals surface area contributed by atoms with Crippen molar-refractivity contribution in [3.63, 3.8) is 0 Å². The maximum Gasteiger partial charge on any atom is 0.0710 e. The molecule has 0 amide bonds. The van der Waals surface area contributed by atoms with E-state index in [1.165, 1.54) is 0 Å². The van der Waals surface area contributed by atoms with Gasteiger partial charge in [0.2, 0.25) is 0 Å². The maximum atomic E-state index is 6.12. The lowest BCUT2D eigenvalue weighted by Gasteiger charge is -2.62. The van der Waals surface area contributed by atoms with Gasteiger partial charge in [-0.3, -0.25) is 0 Å². The first-order valence-electron chi connectivity index (χ1n) is 5.11. The van der Waals surface area contributed by atoms with E-state index in [1.807, 2.05) is 0 Å². The monoisotopic (exact) mass is 185 g/mol. The predicted molar refractivity (Wildman–Crippen MR) is 55.5 cm³/mol. The minimum Gasteiger partial charge on any atom is -0.374 e. The van der Waals surface area contributed by atoms with Crippen LogP contribution >= 0.6 is 0 Å². The number of hydrogen-bond acceptors (Lipinski definition) is 2. The van der Waals surface area contributed by atoms with Crippen LogP contribution in [0, 0.1) is 10.8 Å². The summed E-state index contributed by atoms with van der Waals surface area (Å²) in [7, 11) is 0. The first-order valence-corrected chi connectivity index (χ1v) is 5.11. The van der Waals surface area contributed by atoms with Crippen LogP contribution in [0.4, 0.5) is 0 Å². The van der Waals surface area contributed by atoms with Crippen LogP contribution in [-0.4, -0.2) is 18.2 Å². The zero-order valence-corrected chi connectivity index (χ0v) is 9.72. The molecule has 1 saturated carbocycles. The molecule has 0 radical (unpaired) electrons. The second-order valence-corrected chi connectivity index (χ2v) is 5.69. The minimum atomic E-state index is 0.119. The molecule has 2 nitrogen and oxygen atoms in total. The molecule has 2 heteroatoms. The van der Waals surface area contributed by atoms with Crippen molar-refractivity contribution in [2.45, 2.75) is 59.8 Å². The SMILES string of the molecule is CC(C)OC1C(C)(C)C(N)C1(C)C. The molecule has 0 unspecified atom stereocenters. The average molecular weight is 185 g/mol. The molecule has 0 aromatic heterocycles. The molecule has 0 bridgehead atoms. The molecule has 0 aromatic rings. The van der Waals surface area contributed by atoms with Crippen LogP contribution in [0.2, 0.25) is 0 Å². The van der Waals surface area contributed by atoms with E-state index in [2.05, 4.69) is 41.5 Å². The third-order valence-corrected chi connectivity index (χ3v) is 3.36. The van der Waals surface area contributed by atoms with Crippen LogP contribution in [0.15, 0.2) is 0 Å². The Balaban J connectivity index is 2.73. The second-order valence-electron chi connectivity index (χ2n) is 5.69. The Morgan fingerprint density at radius 3 is 1.77 bits per heavy atom. The second kappa shape index (κ2) is 2.96. The molecule has 0 heterocycles. The molecule has 2 N–H and O–H groups in total. The van der Waals surface area contributed by atoms with Crippen LogP contribution in [0.25, 0.3) is 0 Å². The molecule has 78 valence electrons. The van der Waals surface area contributed by atoms with Crippen molar-refractivity contribution >= 4 is 0 Å². The van der Waals surface area contributed by atoms with Crippen molar-refractivity contribution in [1.82, 2.24) is 0 Å². The Morgan fingerprint density at radius 2 is 1.46 bits per heavy atom. The van der Waals surface area contributed by atoms with Gasteiger partial charge in [0.1, 0.15) is 0 Å². The lowest BCUT2D eigenvalue weighted by atomic mass is 9.50.